The van der Waals surface area contributed by atoms with Crippen LogP contribution in [0.5, 0.6) is 11.5 Å². The highest BCUT2D eigenvalue weighted by molar-refractivity contribution is 5.67. The van der Waals surface area contributed by atoms with Gasteiger partial charge in [-0.1, -0.05) is 55.0 Å². The van der Waals surface area contributed by atoms with Gasteiger partial charge in [0.2, 0.25) is 0 Å². The number of aliphatic carboxylic acids is 1. The molecule has 1 unspecified atom stereocenters. The molecule has 1 fully saturated rings. The number of aromatic hydroxyl groups is 1. The Morgan fingerprint density at radius 3 is 2.50 bits per heavy atom. The fourth-order valence-corrected chi connectivity index (χ4v) is 4.33. The van der Waals surface area contributed by atoms with Crippen LogP contribution >= 0.6 is 0 Å². The maximum atomic E-state index is 10.9. The van der Waals surface area contributed by atoms with Crippen molar-refractivity contribution in [2.75, 3.05) is 7.11 Å². The summed E-state index contributed by atoms with van der Waals surface area (Å²) in [6, 6.07) is 15.6. The van der Waals surface area contributed by atoms with E-state index in [1.807, 2.05) is 48.5 Å². The third-order valence-corrected chi connectivity index (χ3v) is 5.86. The zero-order chi connectivity index (χ0) is 23.6. The second kappa shape index (κ2) is 12.3. The monoisotopic (exact) mass is 440 g/mol. The number of aliphatic hydroxyl groups is 1. The molecule has 0 aliphatic heterocycles. The van der Waals surface area contributed by atoms with Crippen molar-refractivity contribution < 1.29 is 24.9 Å². The second-order valence-electron chi connectivity index (χ2n) is 8.76. The molecule has 0 aromatic heterocycles. The zero-order valence-electron chi connectivity index (χ0n) is 19.3. The topological polar surface area (TPSA) is 87.0 Å². The first-order valence-corrected chi connectivity index (χ1v) is 11.2. The first-order chi connectivity index (χ1) is 15.4. The van der Waals surface area contributed by atoms with E-state index in [4.69, 9.17) is 14.9 Å². The second-order valence-corrected chi connectivity index (χ2v) is 8.76. The molecule has 0 bridgehead atoms. The normalized spacial score (nSPS) is 18.2. The zero-order valence-corrected chi connectivity index (χ0v) is 19.3. The molecule has 1 aliphatic carbocycles. The largest absolute Gasteiger partial charge is 0.507 e. The summed E-state index contributed by atoms with van der Waals surface area (Å²) in [7, 11) is 1.00. The fraction of sp³-hybridized carbons (Fsp3) is 0.444. The molecule has 0 spiro atoms. The predicted molar refractivity (Wildman–Crippen MR) is 127 cm³/mol. The number of phenolic OH excluding ortho intramolecular Hbond substituents is 1. The van der Waals surface area contributed by atoms with Gasteiger partial charge in [0, 0.05) is 20.0 Å². The number of hydrogen-bond acceptors (Lipinski definition) is 4. The average molecular weight is 441 g/mol. The van der Waals surface area contributed by atoms with Crippen LogP contribution < -0.4 is 4.74 Å². The summed E-state index contributed by atoms with van der Waals surface area (Å²) in [5, 5.41) is 26.7. The van der Waals surface area contributed by atoms with E-state index in [0.717, 1.165) is 49.7 Å². The summed E-state index contributed by atoms with van der Waals surface area (Å²) in [6.07, 6.45) is 8.93. The summed E-state index contributed by atoms with van der Waals surface area (Å²) in [5.41, 5.74) is 1.37. The van der Waals surface area contributed by atoms with Crippen molar-refractivity contribution in [1.82, 2.24) is 0 Å². The number of allylic oxidation sites excluding steroid dienone is 1. The van der Waals surface area contributed by atoms with Crippen LogP contribution in [-0.2, 0) is 11.2 Å². The van der Waals surface area contributed by atoms with Gasteiger partial charge in [-0.25, -0.2) is 0 Å². The smallest absolute Gasteiger partial charge is 0.303 e. The van der Waals surface area contributed by atoms with Crippen LogP contribution in [0, 0.1) is 5.92 Å². The number of carboxylic acid groups (broad SMARTS) is 1. The first-order valence-electron chi connectivity index (χ1n) is 11.2. The maximum Gasteiger partial charge on any atom is 0.303 e. The molecule has 174 valence electrons. The SMILES string of the molecule is CC(C)(C/C=C/C1CCC[C@@H]1c1cccc(CCC(=O)O)c1O)Oc1ccccc1.CO. The molecule has 2 aromatic rings. The van der Waals surface area contributed by atoms with Crippen molar-refractivity contribution in [3.8, 4) is 11.5 Å². The Hall–Kier alpha value is -2.79. The molecule has 0 amide bonds. The van der Waals surface area contributed by atoms with Gasteiger partial charge >= 0.3 is 5.97 Å². The van der Waals surface area contributed by atoms with Crippen LogP contribution in [0.2, 0.25) is 0 Å². The van der Waals surface area contributed by atoms with Crippen molar-refractivity contribution >= 4 is 5.97 Å². The highest BCUT2D eigenvalue weighted by Crippen LogP contribution is 2.44. The predicted octanol–water partition coefficient (Wildman–Crippen LogP) is 5.71. The van der Waals surface area contributed by atoms with Crippen molar-refractivity contribution in [3.05, 3.63) is 71.8 Å². The molecule has 1 saturated carbocycles. The summed E-state index contributed by atoms with van der Waals surface area (Å²) >= 11 is 0. The average Bonchev–Trinajstić information content (AvgIpc) is 3.23. The van der Waals surface area contributed by atoms with Gasteiger partial charge in [-0.3, -0.25) is 4.79 Å². The Kier molecular flexibility index (Phi) is 9.79. The standard InChI is InChI=1S/C26H32O4.CH4O/c1-26(2,30-21-12-4-3-5-13-21)18-8-11-19-9-6-14-22(19)23-15-7-10-20(25(23)29)16-17-24(27)28;1-2/h3-5,7-8,10-13,15,19,22,29H,6,9,14,16-18H2,1-2H3,(H,27,28);2H,1H3/b11-8+;/t19?,22-;/m0./s1. The highest BCUT2D eigenvalue weighted by atomic mass is 16.5. The number of hydrogen-bond donors (Lipinski definition) is 3. The van der Waals surface area contributed by atoms with Gasteiger partial charge in [0.1, 0.15) is 17.1 Å². The number of aryl methyl sites for hydroxylation is 1. The van der Waals surface area contributed by atoms with Gasteiger partial charge in [-0.15, -0.1) is 0 Å². The summed E-state index contributed by atoms with van der Waals surface area (Å²) in [4.78, 5) is 10.9. The van der Waals surface area contributed by atoms with Crippen molar-refractivity contribution in [1.29, 1.82) is 0 Å². The van der Waals surface area contributed by atoms with E-state index in [-0.39, 0.29) is 23.7 Å². The van der Waals surface area contributed by atoms with Crippen LogP contribution in [0.3, 0.4) is 0 Å². The summed E-state index contributed by atoms with van der Waals surface area (Å²) in [5.74, 6) is 0.943. The van der Waals surface area contributed by atoms with Gasteiger partial charge in [-0.05, 0) is 68.2 Å². The van der Waals surface area contributed by atoms with E-state index < -0.39 is 5.97 Å². The molecule has 0 heterocycles. The number of para-hydroxylation sites is 2. The van der Waals surface area contributed by atoms with Crippen LogP contribution in [0.4, 0.5) is 0 Å². The minimum atomic E-state index is -0.846. The van der Waals surface area contributed by atoms with Crippen molar-refractivity contribution in [3.63, 3.8) is 0 Å². The van der Waals surface area contributed by atoms with Crippen LogP contribution in [0.25, 0.3) is 0 Å². The Morgan fingerprint density at radius 2 is 1.81 bits per heavy atom. The first kappa shape index (κ1) is 25.5. The lowest BCUT2D eigenvalue weighted by Crippen LogP contribution is -2.27. The van der Waals surface area contributed by atoms with Crippen LogP contribution in [0.15, 0.2) is 60.7 Å². The third-order valence-electron chi connectivity index (χ3n) is 5.86. The van der Waals surface area contributed by atoms with Crippen LogP contribution in [0.1, 0.15) is 63.0 Å². The lowest BCUT2D eigenvalue weighted by atomic mass is 9.86. The quantitative estimate of drug-likeness (QED) is 0.435. The molecule has 3 rings (SSSR count). The van der Waals surface area contributed by atoms with Crippen LogP contribution in [-0.4, -0.2) is 34.0 Å². The lowest BCUT2D eigenvalue weighted by molar-refractivity contribution is -0.136. The number of aliphatic hydroxyl groups excluding tert-OH is 1. The maximum absolute atomic E-state index is 10.9. The van der Waals surface area contributed by atoms with Gasteiger partial charge in [0.05, 0.1) is 0 Å². The minimum absolute atomic E-state index is 0.0293. The lowest BCUT2D eigenvalue weighted by Gasteiger charge is -2.25. The molecular formula is C27H36O5. The van der Waals surface area contributed by atoms with E-state index in [1.54, 1.807) is 0 Å². The molecule has 32 heavy (non-hydrogen) atoms. The Balaban J connectivity index is 0.00000176. The molecule has 0 saturated heterocycles. The highest BCUT2D eigenvalue weighted by Gasteiger charge is 2.29. The molecule has 1 aliphatic rings. The molecule has 3 N–H and O–H groups in total. The van der Waals surface area contributed by atoms with Gasteiger partial charge in [0.25, 0.3) is 0 Å². The molecular weight excluding hydrogens is 404 g/mol. The number of rotatable bonds is 9. The number of carboxylic acids is 1. The Labute approximate surface area is 191 Å². The number of carbonyl (C=O) groups is 1. The van der Waals surface area contributed by atoms with Gasteiger partial charge in [-0.2, -0.15) is 0 Å². The third kappa shape index (κ3) is 7.41. The molecule has 5 heteroatoms. The number of phenols is 1. The molecule has 0 radical (unpaired) electrons. The van der Waals surface area contributed by atoms with Crippen molar-refractivity contribution in [2.24, 2.45) is 5.92 Å². The van der Waals surface area contributed by atoms with Gasteiger partial charge < -0.3 is 20.1 Å². The Morgan fingerprint density at radius 1 is 1.09 bits per heavy atom. The van der Waals surface area contributed by atoms with E-state index in [0.29, 0.717) is 12.3 Å². The van der Waals surface area contributed by atoms with Crippen molar-refractivity contribution in [2.45, 2.75) is 63.9 Å². The molecule has 5 nitrogen and oxygen atoms in total. The number of benzene rings is 2. The number of ether oxygens (including phenoxy) is 1. The molecule has 2 atom stereocenters. The fourth-order valence-electron chi connectivity index (χ4n) is 4.33. The van der Waals surface area contributed by atoms with E-state index in [2.05, 4.69) is 26.0 Å². The van der Waals surface area contributed by atoms with E-state index in [9.17, 15) is 9.90 Å². The van der Waals surface area contributed by atoms with E-state index >= 15 is 0 Å². The van der Waals surface area contributed by atoms with E-state index in [1.165, 1.54) is 0 Å². The van der Waals surface area contributed by atoms with Gasteiger partial charge in [0.15, 0.2) is 0 Å². The minimum Gasteiger partial charge on any atom is -0.507 e. The summed E-state index contributed by atoms with van der Waals surface area (Å²) in [6.45, 7) is 4.18. The summed E-state index contributed by atoms with van der Waals surface area (Å²) < 4.78 is 6.12. The Bertz CT molecular complexity index is 873. The molecule has 2 aromatic carbocycles.